The number of halogens is 2. The number of carboxylic acids is 1. The van der Waals surface area contributed by atoms with Crippen molar-refractivity contribution in [3.8, 4) is 0 Å². The zero-order valence-corrected chi connectivity index (χ0v) is 27.4. The average molecular weight is 666 g/mol. The number of rotatable bonds is 9. The molecular weight excluding hydrogens is 631 g/mol. The van der Waals surface area contributed by atoms with E-state index < -0.39 is 44.3 Å². The van der Waals surface area contributed by atoms with Gasteiger partial charge in [-0.2, -0.15) is 0 Å². The lowest BCUT2D eigenvalue weighted by atomic mass is 9.85. The zero-order chi connectivity index (χ0) is 31.3. The van der Waals surface area contributed by atoms with E-state index in [-0.39, 0.29) is 28.9 Å². The lowest BCUT2D eigenvalue weighted by Crippen LogP contribution is -2.62. The number of sulfone groups is 1. The van der Waals surface area contributed by atoms with Crippen LogP contribution in [0, 0.1) is 5.92 Å². The second kappa shape index (κ2) is 11.8. The number of carboxylic acid groups (broad SMARTS) is 1. The molecule has 1 aliphatic heterocycles. The van der Waals surface area contributed by atoms with Crippen LogP contribution in [-0.2, 0) is 25.8 Å². The topological polar surface area (TPSA) is 114 Å². The van der Waals surface area contributed by atoms with Crippen molar-refractivity contribution in [3.05, 3.63) is 85.8 Å². The SMILES string of the molecule is CC(C)(C)S(=O)(=O)CC(C1CC1)N1C(=O)[C@](C)(Cc2ncc(C(=O)O)s2)OC(c2cccc(Cl)c2)C1c1ccc(Cl)cc1. The zero-order valence-electron chi connectivity index (χ0n) is 24.3. The molecule has 0 spiro atoms. The summed E-state index contributed by atoms with van der Waals surface area (Å²) in [4.78, 5) is 32.4. The highest BCUT2D eigenvalue weighted by atomic mass is 35.5. The van der Waals surface area contributed by atoms with E-state index in [1.54, 1.807) is 62.9 Å². The number of carbonyl (C=O) groups excluding carboxylic acids is 1. The van der Waals surface area contributed by atoms with Gasteiger partial charge in [-0.05, 0) is 81.8 Å². The van der Waals surface area contributed by atoms with E-state index in [0.717, 1.165) is 35.3 Å². The fraction of sp³-hybridized carbons (Fsp3) is 0.452. The number of hydrogen-bond donors (Lipinski definition) is 1. The van der Waals surface area contributed by atoms with E-state index in [4.69, 9.17) is 27.9 Å². The Morgan fingerprint density at radius 3 is 2.37 bits per heavy atom. The molecule has 1 aliphatic carbocycles. The molecular formula is C31H34Cl2N2O6S2. The van der Waals surface area contributed by atoms with Crippen molar-refractivity contribution in [1.29, 1.82) is 0 Å². The summed E-state index contributed by atoms with van der Waals surface area (Å²) < 4.78 is 33.1. The van der Waals surface area contributed by atoms with Gasteiger partial charge in [0, 0.05) is 22.5 Å². The summed E-state index contributed by atoms with van der Waals surface area (Å²) in [6.07, 6.45) is 2.14. The molecule has 3 aromatic rings. The largest absolute Gasteiger partial charge is 0.477 e. The Morgan fingerprint density at radius 2 is 1.81 bits per heavy atom. The quantitative estimate of drug-likeness (QED) is 0.268. The molecule has 12 heteroatoms. The summed E-state index contributed by atoms with van der Waals surface area (Å²) in [6, 6.07) is 13.0. The standard InChI is InChI=1S/C31H34Cl2N2O6S2/c1-30(2,3)43(39,40)17-23(18-8-9-18)35-26(19-10-12-21(32)13-11-19)27(20-6-5-7-22(33)14-20)41-31(4,29(35)38)15-25-34-16-24(42-25)28(36)37/h5-7,10-14,16,18,23,26-27H,8-9,15,17H2,1-4H3,(H,36,37)/t23?,26?,27?,31-/m0/s1. The third kappa shape index (κ3) is 6.63. The summed E-state index contributed by atoms with van der Waals surface area (Å²) >= 11 is 13.7. The maximum absolute atomic E-state index is 14.8. The fourth-order valence-corrected chi connectivity index (χ4v) is 8.13. The predicted octanol–water partition coefficient (Wildman–Crippen LogP) is 6.78. The number of thiazole rings is 1. The summed E-state index contributed by atoms with van der Waals surface area (Å²) in [7, 11) is -3.63. The van der Waals surface area contributed by atoms with Crippen LogP contribution >= 0.6 is 34.5 Å². The Kier molecular flexibility index (Phi) is 8.74. The van der Waals surface area contributed by atoms with Crippen molar-refractivity contribution in [2.24, 2.45) is 5.92 Å². The molecule has 1 aromatic heterocycles. The molecule has 1 amide bonds. The Hall–Kier alpha value is -2.50. The van der Waals surface area contributed by atoms with Gasteiger partial charge in [0.2, 0.25) is 0 Å². The molecule has 43 heavy (non-hydrogen) atoms. The summed E-state index contributed by atoms with van der Waals surface area (Å²) in [5.41, 5.74) is -0.0249. The second-order valence-corrected chi connectivity index (χ2v) is 17.2. The first-order chi connectivity index (χ1) is 20.1. The Balaban J connectivity index is 1.69. The highest BCUT2D eigenvalue weighted by molar-refractivity contribution is 7.92. The molecule has 2 heterocycles. The maximum Gasteiger partial charge on any atom is 0.347 e. The van der Waals surface area contributed by atoms with Crippen molar-refractivity contribution >= 4 is 56.3 Å². The van der Waals surface area contributed by atoms with Gasteiger partial charge in [0.05, 0.1) is 27.7 Å². The van der Waals surface area contributed by atoms with Gasteiger partial charge in [0.1, 0.15) is 11.0 Å². The van der Waals surface area contributed by atoms with Gasteiger partial charge < -0.3 is 14.7 Å². The van der Waals surface area contributed by atoms with Gasteiger partial charge in [0.25, 0.3) is 5.91 Å². The van der Waals surface area contributed by atoms with Crippen LogP contribution in [0.5, 0.6) is 0 Å². The van der Waals surface area contributed by atoms with Gasteiger partial charge in [-0.1, -0.05) is 47.5 Å². The molecule has 0 radical (unpaired) electrons. The van der Waals surface area contributed by atoms with Crippen molar-refractivity contribution in [1.82, 2.24) is 9.88 Å². The lowest BCUT2D eigenvalue weighted by molar-refractivity contribution is -0.202. The van der Waals surface area contributed by atoms with E-state index in [0.29, 0.717) is 15.1 Å². The number of aromatic nitrogens is 1. The fourth-order valence-electron chi connectivity index (χ4n) is 5.52. The van der Waals surface area contributed by atoms with Crippen molar-refractivity contribution < 1.29 is 27.9 Å². The highest BCUT2D eigenvalue weighted by Gasteiger charge is 2.56. The smallest absolute Gasteiger partial charge is 0.347 e. The number of nitrogens with zero attached hydrogens (tertiary/aromatic N) is 2. The minimum atomic E-state index is -3.63. The molecule has 0 bridgehead atoms. The Bertz CT molecular complexity index is 1630. The molecule has 2 aliphatic rings. The number of amides is 1. The van der Waals surface area contributed by atoms with Gasteiger partial charge >= 0.3 is 5.97 Å². The first kappa shape index (κ1) is 31.9. The summed E-state index contributed by atoms with van der Waals surface area (Å²) in [5.74, 6) is -1.68. The van der Waals surface area contributed by atoms with Gasteiger partial charge in [-0.3, -0.25) is 4.79 Å². The molecule has 2 aromatic carbocycles. The van der Waals surface area contributed by atoms with E-state index in [1.165, 1.54) is 6.20 Å². The molecule has 3 unspecified atom stereocenters. The predicted molar refractivity (Wildman–Crippen MR) is 168 cm³/mol. The first-order valence-electron chi connectivity index (χ1n) is 14.0. The number of morpholine rings is 1. The van der Waals surface area contributed by atoms with Crippen LogP contribution in [0.25, 0.3) is 0 Å². The van der Waals surface area contributed by atoms with Gasteiger partial charge in [-0.25, -0.2) is 18.2 Å². The second-order valence-electron chi connectivity index (χ2n) is 12.4. The monoisotopic (exact) mass is 664 g/mol. The average Bonchev–Trinajstić information content (AvgIpc) is 3.66. The normalized spacial score (nSPS) is 23.8. The van der Waals surface area contributed by atoms with Crippen LogP contribution in [0.4, 0.5) is 0 Å². The number of carbonyl (C=O) groups is 2. The highest BCUT2D eigenvalue weighted by Crippen LogP contribution is 2.51. The molecule has 1 N–H and O–H groups in total. The van der Waals surface area contributed by atoms with Crippen LogP contribution in [0.2, 0.25) is 10.0 Å². The van der Waals surface area contributed by atoms with Crippen LogP contribution in [0.3, 0.4) is 0 Å². The molecule has 4 atom stereocenters. The van der Waals surface area contributed by atoms with E-state index >= 15 is 0 Å². The van der Waals surface area contributed by atoms with Crippen LogP contribution in [0.1, 0.15) is 78.5 Å². The number of hydrogen-bond acceptors (Lipinski definition) is 7. The van der Waals surface area contributed by atoms with Crippen molar-refractivity contribution in [3.63, 3.8) is 0 Å². The minimum absolute atomic E-state index is 0.00304. The van der Waals surface area contributed by atoms with Crippen LogP contribution < -0.4 is 0 Å². The van der Waals surface area contributed by atoms with E-state index in [9.17, 15) is 23.1 Å². The number of benzene rings is 2. The maximum atomic E-state index is 14.8. The molecule has 2 fully saturated rings. The van der Waals surface area contributed by atoms with Gasteiger partial charge in [-0.15, -0.1) is 11.3 Å². The summed E-state index contributed by atoms with van der Waals surface area (Å²) in [6.45, 7) is 6.69. The van der Waals surface area contributed by atoms with E-state index in [1.807, 2.05) is 18.2 Å². The Morgan fingerprint density at radius 1 is 1.14 bits per heavy atom. The molecule has 1 saturated heterocycles. The Labute approximate surface area is 265 Å². The third-order valence-electron chi connectivity index (χ3n) is 8.15. The molecule has 8 nitrogen and oxygen atoms in total. The van der Waals surface area contributed by atoms with Crippen molar-refractivity contribution in [2.75, 3.05) is 5.75 Å². The third-order valence-corrected chi connectivity index (χ3v) is 12.3. The summed E-state index contributed by atoms with van der Waals surface area (Å²) in [5, 5.41) is 10.9. The molecule has 230 valence electrons. The van der Waals surface area contributed by atoms with Crippen molar-refractivity contribution in [2.45, 2.75) is 75.5 Å². The van der Waals surface area contributed by atoms with E-state index in [2.05, 4.69) is 4.98 Å². The number of aromatic carboxylic acids is 1. The lowest BCUT2D eigenvalue weighted by Gasteiger charge is -2.52. The molecule has 1 saturated carbocycles. The first-order valence-corrected chi connectivity index (χ1v) is 17.2. The van der Waals surface area contributed by atoms with Gasteiger partial charge in [0.15, 0.2) is 15.4 Å². The minimum Gasteiger partial charge on any atom is -0.477 e. The molecule has 5 rings (SSSR count). The number of ether oxygens (including phenoxy) is 1. The van der Waals surface area contributed by atoms with Crippen LogP contribution in [0.15, 0.2) is 54.7 Å². The van der Waals surface area contributed by atoms with Crippen LogP contribution in [-0.4, -0.2) is 57.4 Å².